The maximum absolute atomic E-state index is 13.1. The van der Waals surface area contributed by atoms with E-state index in [-0.39, 0.29) is 22.0 Å². The molecule has 0 aliphatic carbocycles. The van der Waals surface area contributed by atoms with Crippen LogP contribution in [0.4, 0.5) is 18.0 Å². The third-order valence-corrected chi connectivity index (χ3v) is 6.20. The second kappa shape index (κ2) is 7.83. The summed E-state index contributed by atoms with van der Waals surface area (Å²) in [5.74, 6) is -0.655. The number of benzene rings is 1. The molecular weight excluding hydrogens is 435 g/mol. The standard InChI is InChI=1S/C20H21ClF3N5O2/c21-16-6-13(5-15(7-16)20(22,23)24)9-27-3-1-19(11-27)2-4-28(12-19)18(31)29-10-14(8-26-29)17(25)30/h5-8,10H,1-4,9,11-12H2,(H2,25,30)/t19-/m0/s1. The SMILES string of the molecule is NC(=O)c1cnn(C(=O)N2CC[C@]3(CCN(Cc4cc(Cl)cc(C(F)(F)F)c4)C3)C2)c1. The normalized spacial score (nSPS) is 21.9. The molecule has 2 amide bonds. The lowest BCUT2D eigenvalue weighted by molar-refractivity contribution is -0.137. The largest absolute Gasteiger partial charge is 0.416 e. The Balaban J connectivity index is 1.40. The Hall–Kier alpha value is -2.59. The molecule has 0 bridgehead atoms. The van der Waals surface area contributed by atoms with Gasteiger partial charge in [0, 0.05) is 42.8 Å². The van der Waals surface area contributed by atoms with Crippen molar-refractivity contribution in [1.29, 1.82) is 0 Å². The minimum Gasteiger partial charge on any atom is -0.366 e. The lowest BCUT2D eigenvalue weighted by atomic mass is 9.86. The fourth-order valence-corrected chi connectivity index (χ4v) is 4.72. The Kier molecular flexibility index (Phi) is 5.47. The summed E-state index contributed by atoms with van der Waals surface area (Å²) >= 11 is 5.90. The van der Waals surface area contributed by atoms with E-state index in [0.29, 0.717) is 31.7 Å². The van der Waals surface area contributed by atoms with Gasteiger partial charge in [-0.05, 0) is 43.1 Å². The van der Waals surface area contributed by atoms with Crippen molar-refractivity contribution in [2.75, 3.05) is 26.2 Å². The maximum Gasteiger partial charge on any atom is 0.416 e. The van der Waals surface area contributed by atoms with Gasteiger partial charge < -0.3 is 10.6 Å². The molecule has 0 unspecified atom stereocenters. The molecule has 1 aromatic heterocycles. The van der Waals surface area contributed by atoms with Gasteiger partial charge in [0.05, 0.1) is 17.3 Å². The van der Waals surface area contributed by atoms with Crippen molar-refractivity contribution in [3.8, 4) is 0 Å². The minimum atomic E-state index is -4.45. The van der Waals surface area contributed by atoms with Crippen LogP contribution in [0.15, 0.2) is 30.6 Å². The number of hydrogen-bond donors (Lipinski definition) is 1. The van der Waals surface area contributed by atoms with Gasteiger partial charge in [0.2, 0.25) is 0 Å². The second-order valence-electron chi connectivity index (χ2n) is 8.30. The summed E-state index contributed by atoms with van der Waals surface area (Å²) in [5.41, 5.74) is 5.01. The van der Waals surface area contributed by atoms with Gasteiger partial charge in [-0.15, -0.1) is 0 Å². The van der Waals surface area contributed by atoms with E-state index in [4.69, 9.17) is 17.3 Å². The predicted octanol–water partition coefficient (Wildman–Crippen LogP) is 3.22. The molecule has 2 fully saturated rings. The first-order valence-corrected chi connectivity index (χ1v) is 10.2. The van der Waals surface area contributed by atoms with E-state index in [1.165, 1.54) is 12.4 Å². The van der Waals surface area contributed by atoms with Gasteiger partial charge in [-0.2, -0.15) is 23.0 Å². The molecule has 4 rings (SSSR count). The molecule has 7 nitrogen and oxygen atoms in total. The van der Waals surface area contributed by atoms with Crippen LogP contribution in [0.5, 0.6) is 0 Å². The number of nitrogens with zero attached hydrogens (tertiary/aromatic N) is 4. The number of hydrogen-bond acceptors (Lipinski definition) is 4. The topological polar surface area (TPSA) is 84.5 Å². The summed E-state index contributed by atoms with van der Waals surface area (Å²) in [5, 5.41) is 3.97. The summed E-state index contributed by atoms with van der Waals surface area (Å²) in [6, 6.07) is 3.29. The van der Waals surface area contributed by atoms with Crippen LogP contribution < -0.4 is 5.73 Å². The summed E-state index contributed by atoms with van der Waals surface area (Å²) in [7, 11) is 0. The van der Waals surface area contributed by atoms with Crippen LogP contribution in [0, 0.1) is 5.41 Å². The lowest BCUT2D eigenvalue weighted by Gasteiger charge is -2.25. The van der Waals surface area contributed by atoms with Gasteiger partial charge in [0.1, 0.15) is 0 Å². The first-order chi connectivity index (χ1) is 14.5. The molecule has 31 heavy (non-hydrogen) atoms. The Morgan fingerprint density at radius 2 is 1.90 bits per heavy atom. The quantitative estimate of drug-likeness (QED) is 0.770. The highest BCUT2D eigenvalue weighted by molar-refractivity contribution is 6.30. The monoisotopic (exact) mass is 455 g/mol. The molecule has 2 aliphatic rings. The Morgan fingerprint density at radius 3 is 2.58 bits per heavy atom. The molecule has 166 valence electrons. The zero-order valence-electron chi connectivity index (χ0n) is 16.5. The maximum atomic E-state index is 13.1. The third-order valence-electron chi connectivity index (χ3n) is 5.98. The molecule has 0 saturated carbocycles. The third kappa shape index (κ3) is 4.54. The molecule has 1 aromatic carbocycles. The van der Waals surface area contributed by atoms with Gasteiger partial charge >= 0.3 is 12.2 Å². The van der Waals surface area contributed by atoms with Gasteiger partial charge in [-0.3, -0.25) is 9.69 Å². The van der Waals surface area contributed by atoms with E-state index < -0.39 is 17.6 Å². The van der Waals surface area contributed by atoms with E-state index >= 15 is 0 Å². The second-order valence-corrected chi connectivity index (χ2v) is 8.73. The van der Waals surface area contributed by atoms with Gasteiger partial charge in [-0.1, -0.05) is 11.6 Å². The average molecular weight is 456 g/mol. The molecule has 2 aliphatic heterocycles. The molecule has 3 heterocycles. The van der Waals surface area contributed by atoms with Gasteiger partial charge in [-0.25, -0.2) is 4.79 Å². The van der Waals surface area contributed by atoms with Crippen LogP contribution in [0.2, 0.25) is 5.02 Å². The zero-order chi connectivity index (χ0) is 22.4. The number of carbonyl (C=O) groups excluding carboxylic acids is 2. The number of nitrogens with two attached hydrogens (primary N) is 1. The van der Waals surface area contributed by atoms with Crippen molar-refractivity contribution in [2.45, 2.75) is 25.6 Å². The molecule has 1 atom stereocenters. The highest BCUT2D eigenvalue weighted by atomic mass is 35.5. The molecule has 2 N–H and O–H groups in total. The molecule has 2 saturated heterocycles. The summed E-state index contributed by atoms with van der Waals surface area (Å²) in [4.78, 5) is 27.7. The van der Waals surface area contributed by atoms with Crippen LogP contribution in [0.3, 0.4) is 0 Å². The zero-order valence-corrected chi connectivity index (χ0v) is 17.3. The molecule has 1 spiro atoms. The predicted molar refractivity (Wildman–Crippen MR) is 107 cm³/mol. The van der Waals surface area contributed by atoms with Gasteiger partial charge in [0.25, 0.3) is 5.91 Å². The summed E-state index contributed by atoms with van der Waals surface area (Å²) < 4.78 is 40.3. The summed E-state index contributed by atoms with van der Waals surface area (Å²) in [6.07, 6.45) is -0.242. The number of halogens is 4. The fourth-order valence-electron chi connectivity index (χ4n) is 4.46. The fraction of sp³-hybridized carbons (Fsp3) is 0.450. The van der Waals surface area contributed by atoms with E-state index in [9.17, 15) is 22.8 Å². The highest BCUT2D eigenvalue weighted by Gasteiger charge is 2.45. The van der Waals surface area contributed by atoms with E-state index in [0.717, 1.165) is 36.2 Å². The van der Waals surface area contributed by atoms with Crippen molar-refractivity contribution in [2.24, 2.45) is 11.1 Å². The number of amides is 2. The smallest absolute Gasteiger partial charge is 0.366 e. The van der Waals surface area contributed by atoms with E-state index in [1.807, 2.05) is 0 Å². The number of alkyl halides is 3. The van der Waals surface area contributed by atoms with E-state index in [2.05, 4.69) is 10.00 Å². The van der Waals surface area contributed by atoms with Gasteiger partial charge in [0.15, 0.2) is 0 Å². The van der Waals surface area contributed by atoms with Crippen LogP contribution in [-0.2, 0) is 12.7 Å². The van der Waals surface area contributed by atoms with Crippen molar-refractivity contribution >= 4 is 23.5 Å². The lowest BCUT2D eigenvalue weighted by Crippen LogP contribution is -2.36. The highest BCUT2D eigenvalue weighted by Crippen LogP contribution is 2.40. The molecular formula is C20H21ClF3N5O2. The van der Waals surface area contributed by atoms with Crippen LogP contribution in [0.1, 0.15) is 34.3 Å². The van der Waals surface area contributed by atoms with Crippen molar-refractivity contribution < 1.29 is 22.8 Å². The first kappa shape index (κ1) is 21.6. The Bertz CT molecular complexity index is 1020. The Labute approximate surface area is 181 Å². The minimum absolute atomic E-state index is 0.0610. The number of rotatable bonds is 3. The number of carbonyl (C=O) groups is 2. The summed E-state index contributed by atoms with van der Waals surface area (Å²) in [6.45, 7) is 2.84. The number of likely N-dealkylation sites (tertiary alicyclic amines) is 2. The average Bonchev–Trinajstić information content (AvgIpc) is 3.41. The number of primary amides is 1. The van der Waals surface area contributed by atoms with Crippen LogP contribution >= 0.6 is 11.6 Å². The van der Waals surface area contributed by atoms with Crippen molar-refractivity contribution in [1.82, 2.24) is 19.6 Å². The van der Waals surface area contributed by atoms with Crippen LogP contribution in [0.25, 0.3) is 0 Å². The number of aromatic nitrogens is 2. The van der Waals surface area contributed by atoms with E-state index in [1.54, 1.807) is 11.0 Å². The van der Waals surface area contributed by atoms with Crippen LogP contribution in [-0.4, -0.2) is 57.7 Å². The first-order valence-electron chi connectivity index (χ1n) is 9.77. The molecule has 2 aromatic rings. The molecule has 0 radical (unpaired) electrons. The Morgan fingerprint density at radius 1 is 1.16 bits per heavy atom. The van der Waals surface area contributed by atoms with Crippen molar-refractivity contribution in [3.63, 3.8) is 0 Å². The molecule has 11 heteroatoms. The van der Waals surface area contributed by atoms with Crippen molar-refractivity contribution in [3.05, 3.63) is 52.3 Å².